The molecule has 0 saturated carbocycles. The van der Waals surface area contributed by atoms with E-state index in [-0.39, 0.29) is 5.91 Å². The van der Waals surface area contributed by atoms with Gasteiger partial charge in [0.05, 0.1) is 10.0 Å². The van der Waals surface area contributed by atoms with E-state index in [1.165, 1.54) is 6.08 Å². The van der Waals surface area contributed by atoms with Gasteiger partial charge < -0.3 is 5.32 Å². The van der Waals surface area contributed by atoms with Crippen LogP contribution in [0.2, 0.25) is 10.0 Å². The first-order valence-corrected chi connectivity index (χ1v) is 6.81. The lowest BCUT2D eigenvalue weighted by Gasteiger charge is -2.03. The van der Waals surface area contributed by atoms with Gasteiger partial charge in [0.15, 0.2) is 0 Å². The number of halogens is 2. The molecular weight excluding hydrogens is 289 g/mol. The molecule has 2 nitrogen and oxygen atoms in total. The van der Waals surface area contributed by atoms with E-state index in [1.54, 1.807) is 35.6 Å². The van der Waals surface area contributed by atoms with Crippen molar-refractivity contribution < 1.29 is 4.79 Å². The summed E-state index contributed by atoms with van der Waals surface area (Å²) in [7, 11) is 0. The van der Waals surface area contributed by atoms with Crippen LogP contribution in [-0.4, -0.2) is 5.91 Å². The fraction of sp³-hybridized carbons (Fsp3) is 0. The van der Waals surface area contributed by atoms with Gasteiger partial charge in [-0.05, 0) is 46.7 Å². The number of anilines is 1. The van der Waals surface area contributed by atoms with E-state index in [2.05, 4.69) is 5.32 Å². The number of nitrogens with one attached hydrogen (secondary N) is 1. The topological polar surface area (TPSA) is 29.1 Å². The van der Waals surface area contributed by atoms with Crippen LogP contribution in [0.5, 0.6) is 0 Å². The Morgan fingerprint density at radius 3 is 2.72 bits per heavy atom. The summed E-state index contributed by atoms with van der Waals surface area (Å²) in [5.41, 5.74) is 1.62. The molecule has 2 rings (SSSR count). The molecule has 1 N–H and O–H groups in total. The van der Waals surface area contributed by atoms with Crippen molar-refractivity contribution in [3.05, 3.63) is 56.7 Å². The van der Waals surface area contributed by atoms with Gasteiger partial charge in [-0.15, -0.1) is 0 Å². The normalized spacial score (nSPS) is 10.8. The molecule has 0 aliphatic heterocycles. The van der Waals surface area contributed by atoms with Crippen LogP contribution in [0, 0.1) is 0 Å². The Balaban J connectivity index is 2.01. The van der Waals surface area contributed by atoms with Gasteiger partial charge in [0.2, 0.25) is 5.91 Å². The quantitative estimate of drug-likeness (QED) is 0.817. The van der Waals surface area contributed by atoms with Gasteiger partial charge in [0.1, 0.15) is 0 Å². The summed E-state index contributed by atoms with van der Waals surface area (Å²) < 4.78 is 0. The number of carbonyl (C=O) groups excluding carboxylic acids is 1. The molecule has 1 amide bonds. The van der Waals surface area contributed by atoms with Crippen molar-refractivity contribution in [2.45, 2.75) is 0 Å². The molecule has 5 heteroatoms. The molecule has 0 bridgehead atoms. The number of benzene rings is 1. The highest BCUT2D eigenvalue weighted by atomic mass is 35.5. The Kier molecular flexibility index (Phi) is 4.42. The first-order chi connectivity index (χ1) is 8.65. The van der Waals surface area contributed by atoms with Crippen LogP contribution in [-0.2, 0) is 4.79 Å². The smallest absolute Gasteiger partial charge is 0.248 e. The van der Waals surface area contributed by atoms with Crippen molar-refractivity contribution in [1.82, 2.24) is 0 Å². The van der Waals surface area contributed by atoms with Crippen LogP contribution in [0.3, 0.4) is 0 Å². The SMILES string of the molecule is O=C(/C=C/c1ccsc1)Nc1ccc(Cl)c(Cl)c1. The molecule has 0 spiro atoms. The van der Waals surface area contributed by atoms with Gasteiger partial charge in [-0.25, -0.2) is 0 Å². The predicted octanol–water partition coefficient (Wildman–Crippen LogP) is 4.71. The van der Waals surface area contributed by atoms with E-state index in [0.717, 1.165) is 5.56 Å². The number of thiophene rings is 1. The van der Waals surface area contributed by atoms with Crippen molar-refractivity contribution in [2.75, 3.05) is 5.32 Å². The van der Waals surface area contributed by atoms with Crippen molar-refractivity contribution in [3.63, 3.8) is 0 Å². The standard InChI is InChI=1S/C13H9Cl2NOS/c14-11-3-2-10(7-12(11)15)16-13(17)4-1-9-5-6-18-8-9/h1-8H,(H,16,17)/b4-1+. The van der Waals surface area contributed by atoms with Crippen molar-refractivity contribution in [1.29, 1.82) is 0 Å². The minimum atomic E-state index is -0.209. The summed E-state index contributed by atoms with van der Waals surface area (Å²) in [5, 5.41) is 7.50. The Labute approximate surface area is 119 Å². The van der Waals surface area contributed by atoms with Gasteiger partial charge >= 0.3 is 0 Å². The molecule has 0 aliphatic rings. The van der Waals surface area contributed by atoms with E-state index in [4.69, 9.17) is 23.2 Å². The fourth-order valence-corrected chi connectivity index (χ4v) is 2.23. The summed E-state index contributed by atoms with van der Waals surface area (Å²) in [6.07, 6.45) is 3.23. The molecule has 0 saturated heterocycles. The molecule has 1 aromatic carbocycles. The highest BCUT2D eigenvalue weighted by Gasteiger charge is 2.01. The summed E-state index contributed by atoms with van der Waals surface area (Å²) in [5.74, 6) is -0.209. The fourth-order valence-electron chi connectivity index (χ4n) is 1.30. The lowest BCUT2D eigenvalue weighted by Crippen LogP contribution is -2.07. The lowest BCUT2D eigenvalue weighted by molar-refractivity contribution is -0.111. The van der Waals surface area contributed by atoms with Crippen molar-refractivity contribution in [3.8, 4) is 0 Å². The minimum Gasteiger partial charge on any atom is -0.322 e. The second kappa shape index (κ2) is 6.05. The summed E-state index contributed by atoms with van der Waals surface area (Å²) in [6, 6.07) is 6.89. The third-order valence-corrected chi connectivity index (χ3v) is 3.60. The van der Waals surface area contributed by atoms with Crippen LogP contribution in [0.4, 0.5) is 5.69 Å². The Hall–Kier alpha value is -1.29. The maximum atomic E-state index is 11.6. The highest BCUT2D eigenvalue weighted by molar-refractivity contribution is 7.08. The maximum absolute atomic E-state index is 11.6. The maximum Gasteiger partial charge on any atom is 0.248 e. The monoisotopic (exact) mass is 297 g/mol. The van der Waals surface area contributed by atoms with E-state index < -0.39 is 0 Å². The Bertz CT molecular complexity index is 579. The Morgan fingerprint density at radius 2 is 2.06 bits per heavy atom. The van der Waals surface area contributed by atoms with Gasteiger partial charge in [0, 0.05) is 11.8 Å². The number of hydrogen-bond donors (Lipinski definition) is 1. The van der Waals surface area contributed by atoms with Crippen LogP contribution >= 0.6 is 34.5 Å². The molecule has 0 radical (unpaired) electrons. The van der Waals surface area contributed by atoms with Gasteiger partial charge in [-0.2, -0.15) is 11.3 Å². The zero-order valence-corrected chi connectivity index (χ0v) is 11.5. The molecule has 2 aromatic rings. The Morgan fingerprint density at radius 1 is 1.22 bits per heavy atom. The lowest BCUT2D eigenvalue weighted by atomic mass is 10.3. The molecule has 0 atom stereocenters. The highest BCUT2D eigenvalue weighted by Crippen LogP contribution is 2.24. The van der Waals surface area contributed by atoms with Crippen LogP contribution in [0.25, 0.3) is 6.08 Å². The van der Waals surface area contributed by atoms with Crippen LogP contribution in [0.15, 0.2) is 41.1 Å². The molecule has 0 fully saturated rings. The largest absolute Gasteiger partial charge is 0.322 e. The first kappa shape index (κ1) is 13.1. The molecule has 0 unspecified atom stereocenters. The van der Waals surface area contributed by atoms with Crippen LogP contribution < -0.4 is 5.32 Å². The number of rotatable bonds is 3. The van der Waals surface area contributed by atoms with Gasteiger partial charge in [-0.3, -0.25) is 4.79 Å². The van der Waals surface area contributed by atoms with E-state index in [9.17, 15) is 4.79 Å². The minimum absolute atomic E-state index is 0.209. The van der Waals surface area contributed by atoms with E-state index >= 15 is 0 Å². The zero-order chi connectivity index (χ0) is 13.0. The van der Waals surface area contributed by atoms with Gasteiger partial charge in [-0.1, -0.05) is 23.2 Å². The number of amides is 1. The zero-order valence-electron chi connectivity index (χ0n) is 9.19. The molecule has 92 valence electrons. The second-order valence-corrected chi connectivity index (χ2v) is 5.10. The molecule has 1 heterocycles. The number of carbonyl (C=O) groups is 1. The summed E-state index contributed by atoms with van der Waals surface area (Å²) in [4.78, 5) is 11.6. The summed E-state index contributed by atoms with van der Waals surface area (Å²) >= 11 is 13.2. The van der Waals surface area contributed by atoms with E-state index in [0.29, 0.717) is 15.7 Å². The average Bonchev–Trinajstić information content (AvgIpc) is 2.84. The molecule has 18 heavy (non-hydrogen) atoms. The summed E-state index contributed by atoms with van der Waals surface area (Å²) in [6.45, 7) is 0. The second-order valence-electron chi connectivity index (χ2n) is 3.51. The van der Waals surface area contributed by atoms with E-state index in [1.807, 2.05) is 16.8 Å². The van der Waals surface area contributed by atoms with Gasteiger partial charge in [0.25, 0.3) is 0 Å². The first-order valence-electron chi connectivity index (χ1n) is 5.11. The third kappa shape index (κ3) is 3.60. The molecule has 1 aromatic heterocycles. The predicted molar refractivity (Wildman–Crippen MR) is 78.4 cm³/mol. The third-order valence-electron chi connectivity index (χ3n) is 2.16. The molecule has 0 aliphatic carbocycles. The molecular formula is C13H9Cl2NOS. The van der Waals surface area contributed by atoms with Crippen molar-refractivity contribution in [2.24, 2.45) is 0 Å². The van der Waals surface area contributed by atoms with Crippen molar-refractivity contribution >= 4 is 52.2 Å². The van der Waals surface area contributed by atoms with Crippen LogP contribution in [0.1, 0.15) is 5.56 Å². The number of hydrogen-bond acceptors (Lipinski definition) is 2. The average molecular weight is 298 g/mol.